The molecule has 4 rings (SSSR count). The van der Waals surface area contributed by atoms with Gasteiger partial charge in [0.05, 0.1) is 37.6 Å². The maximum Gasteiger partial charge on any atom is 0.282 e. The predicted molar refractivity (Wildman–Crippen MR) is 106 cm³/mol. The van der Waals surface area contributed by atoms with Crippen LogP contribution in [0.25, 0.3) is 0 Å². The van der Waals surface area contributed by atoms with Gasteiger partial charge in [-0.15, -0.1) is 0 Å². The molecule has 10 heteroatoms. The number of aliphatic imine (C=N–C) groups is 1. The number of carbonyl (C=O) groups is 1. The van der Waals surface area contributed by atoms with Crippen molar-refractivity contribution in [3.05, 3.63) is 47.7 Å². The molecule has 2 aromatic rings. The Morgan fingerprint density at radius 2 is 2.13 bits per heavy atom. The van der Waals surface area contributed by atoms with Crippen molar-refractivity contribution >= 4 is 17.6 Å². The summed E-state index contributed by atoms with van der Waals surface area (Å²) in [6, 6.07) is 4.28. The molecule has 2 aliphatic rings. The van der Waals surface area contributed by atoms with E-state index in [0.29, 0.717) is 24.8 Å². The molecule has 0 saturated carbocycles. The quantitative estimate of drug-likeness (QED) is 0.764. The zero-order valence-corrected chi connectivity index (χ0v) is 16.6. The number of anilines is 1. The van der Waals surface area contributed by atoms with Crippen LogP contribution in [-0.2, 0) is 15.0 Å². The monoisotopic (exact) mass is 415 g/mol. The first-order valence-electron chi connectivity index (χ1n) is 9.49. The van der Waals surface area contributed by atoms with Crippen molar-refractivity contribution in [1.29, 1.82) is 0 Å². The molecule has 0 radical (unpaired) electrons. The van der Waals surface area contributed by atoms with Crippen molar-refractivity contribution in [1.82, 2.24) is 9.97 Å². The van der Waals surface area contributed by atoms with E-state index in [4.69, 9.17) is 19.9 Å². The number of benzene rings is 1. The molecule has 3 heterocycles. The van der Waals surface area contributed by atoms with E-state index < -0.39 is 22.7 Å². The maximum atomic E-state index is 14.9. The minimum absolute atomic E-state index is 0.0172. The molecule has 2 atom stereocenters. The number of nitrogens with zero attached hydrogens (tertiary/aromatic N) is 3. The van der Waals surface area contributed by atoms with Crippen LogP contribution in [0.15, 0.2) is 35.6 Å². The number of aromatic nitrogens is 2. The smallest absolute Gasteiger partial charge is 0.282 e. The third kappa shape index (κ3) is 3.32. The predicted octanol–water partition coefficient (Wildman–Crippen LogP) is 1.84. The van der Waals surface area contributed by atoms with Crippen LogP contribution in [0.5, 0.6) is 5.88 Å². The summed E-state index contributed by atoms with van der Waals surface area (Å²) < 4.78 is 31.2. The van der Waals surface area contributed by atoms with Crippen LogP contribution in [0, 0.1) is 11.2 Å². The standard InChI is InChI=1S/C20H22FN5O4/c1-3-29-16-8-23-15(7-24-16)17(27)25-12-4-5-14(21)13(6-12)20-11-28-9-19(20,2)10-30-18(22)26-20/h4-8H,3,9-11H2,1-2H3,(H2,22,26)(H,25,27)/t19-,20+/m0/s1. The van der Waals surface area contributed by atoms with Gasteiger partial charge in [-0.25, -0.2) is 19.4 Å². The number of fused-ring (bicyclic) bond motifs is 1. The van der Waals surface area contributed by atoms with Gasteiger partial charge >= 0.3 is 0 Å². The van der Waals surface area contributed by atoms with Crippen LogP contribution in [0.3, 0.4) is 0 Å². The van der Waals surface area contributed by atoms with Gasteiger partial charge in [0, 0.05) is 11.3 Å². The third-order valence-electron chi connectivity index (χ3n) is 5.39. The van der Waals surface area contributed by atoms with Crippen LogP contribution in [0.1, 0.15) is 29.9 Å². The minimum atomic E-state index is -1.04. The van der Waals surface area contributed by atoms with Gasteiger partial charge in [-0.2, -0.15) is 0 Å². The van der Waals surface area contributed by atoms with Crippen LogP contribution >= 0.6 is 0 Å². The molecule has 9 nitrogen and oxygen atoms in total. The summed E-state index contributed by atoms with van der Waals surface area (Å²) in [4.78, 5) is 25.1. The molecule has 0 spiro atoms. The van der Waals surface area contributed by atoms with Crippen molar-refractivity contribution in [2.45, 2.75) is 19.4 Å². The lowest BCUT2D eigenvalue weighted by Crippen LogP contribution is -2.50. The van der Waals surface area contributed by atoms with Gasteiger partial charge in [-0.05, 0) is 25.1 Å². The SMILES string of the molecule is CCOc1cnc(C(=O)Nc2ccc(F)c([C@]34COC[C@@]3(C)COC(N)=N4)c2)cn1. The fraction of sp³-hybridized carbons (Fsp3) is 0.400. The summed E-state index contributed by atoms with van der Waals surface area (Å²) >= 11 is 0. The normalized spacial score (nSPS) is 25.1. The third-order valence-corrected chi connectivity index (χ3v) is 5.39. The van der Waals surface area contributed by atoms with E-state index in [0.717, 1.165) is 0 Å². The number of hydrogen-bond donors (Lipinski definition) is 2. The second kappa shape index (κ2) is 7.52. The number of amides is 1. The Bertz CT molecular complexity index is 999. The lowest BCUT2D eigenvalue weighted by Gasteiger charge is -2.42. The Morgan fingerprint density at radius 1 is 1.30 bits per heavy atom. The summed E-state index contributed by atoms with van der Waals surface area (Å²) in [7, 11) is 0. The van der Waals surface area contributed by atoms with Crippen LogP contribution in [0.2, 0.25) is 0 Å². The van der Waals surface area contributed by atoms with Crippen LogP contribution in [0.4, 0.5) is 10.1 Å². The molecule has 30 heavy (non-hydrogen) atoms. The molecule has 1 aromatic heterocycles. The second-order valence-corrected chi connectivity index (χ2v) is 7.47. The summed E-state index contributed by atoms with van der Waals surface area (Å²) in [5.74, 6) is -0.627. The summed E-state index contributed by atoms with van der Waals surface area (Å²) in [5.41, 5.74) is 4.93. The fourth-order valence-corrected chi connectivity index (χ4v) is 3.73. The maximum absolute atomic E-state index is 14.9. The number of nitrogens with one attached hydrogen (secondary N) is 1. The minimum Gasteiger partial charge on any atom is -0.477 e. The van der Waals surface area contributed by atoms with Gasteiger partial charge < -0.3 is 25.3 Å². The first-order valence-corrected chi connectivity index (χ1v) is 9.49. The van der Waals surface area contributed by atoms with Crippen LogP contribution in [-0.4, -0.2) is 48.3 Å². The molecule has 0 bridgehead atoms. The van der Waals surface area contributed by atoms with Crippen molar-refractivity contribution in [3.8, 4) is 5.88 Å². The van der Waals surface area contributed by atoms with Crippen molar-refractivity contribution in [2.75, 3.05) is 31.7 Å². The topological polar surface area (TPSA) is 121 Å². The summed E-state index contributed by atoms with van der Waals surface area (Å²) in [6.45, 7) is 4.94. The van der Waals surface area contributed by atoms with Crippen molar-refractivity contribution in [3.63, 3.8) is 0 Å². The zero-order valence-electron chi connectivity index (χ0n) is 16.6. The Kier molecular flexibility index (Phi) is 5.02. The van der Waals surface area contributed by atoms with E-state index in [2.05, 4.69) is 20.3 Å². The van der Waals surface area contributed by atoms with Crippen molar-refractivity contribution in [2.24, 2.45) is 16.1 Å². The van der Waals surface area contributed by atoms with Gasteiger partial charge in [0.15, 0.2) is 0 Å². The van der Waals surface area contributed by atoms with E-state index in [-0.39, 0.29) is 30.5 Å². The Labute approximate surface area is 172 Å². The molecular formula is C20H22FN5O4. The molecule has 3 N–H and O–H groups in total. The highest BCUT2D eigenvalue weighted by Gasteiger charge is 2.58. The Morgan fingerprint density at radius 3 is 2.87 bits per heavy atom. The highest BCUT2D eigenvalue weighted by Crippen LogP contribution is 2.51. The molecule has 0 unspecified atom stereocenters. The lowest BCUT2D eigenvalue weighted by atomic mass is 9.69. The van der Waals surface area contributed by atoms with E-state index in [1.165, 1.54) is 24.5 Å². The summed E-state index contributed by atoms with van der Waals surface area (Å²) in [5, 5.41) is 2.72. The fourth-order valence-electron chi connectivity index (χ4n) is 3.73. The van der Waals surface area contributed by atoms with Gasteiger partial charge in [-0.3, -0.25) is 4.79 Å². The van der Waals surface area contributed by atoms with Crippen LogP contribution < -0.4 is 15.8 Å². The van der Waals surface area contributed by atoms with E-state index in [1.807, 2.05) is 13.8 Å². The molecule has 1 fully saturated rings. The Hall–Kier alpha value is -3.27. The average molecular weight is 415 g/mol. The van der Waals surface area contributed by atoms with Gasteiger partial charge in [0.2, 0.25) is 5.88 Å². The number of carbonyl (C=O) groups excluding carboxylic acids is 1. The zero-order chi connectivity index (χ0) is 21.4. The van der Waals surface area contributed by atoms with Crippen molar-refractivity contribution < 1.29 is 23.4 Å². The van der Waals surface area contributed by atoms with Gasteiger partial charge in [-0.1, -0.05) is 6.92 Å². The molecule has 1 aromatic carbocycles. The molecular weight excluding hydrogens is 393 g/mol. The van der Waals surface area contributed by atoms with E-state index >= 15 is 0 Å². The largest absolute Gasteiger partial charge is 0.477 e. The highest BCUT2D eigenvalue weighted by molar-refractivity contribution is 6.02. The first kappa shape index (κ1) is 20.0. The number of hydrogen-bond acceptors (Lipinski definition) is 8. The first-order chi connectivity index (χ1) is 14.4. The summed E-state index contributed by atoms with van der Waals surface area (Å²) in [6.07, 6.45) is 2.68. The van der Waals surface area contributed by atoms with E-state index in [9.17, 15) is 9.18 Å². The van der Waals surface area contributed by atoms with E-state index in [1.54, 1.807) is 6.07 Å². The Balaban J connectivity index is 1.64. The molecule has 2 aliphatic heterocycles. The number of halogens is 1. The number of rotatable bonds is 5. The molecule has 0 aliphatic carbocycles. The molecule has 1 saturated heterocycles. The number of nitrogens with two attached hydrogens (primary N) is 1. The van der Waals surface area contributed by atoms with Gasteiger partial charge in [0.25, 0.3) is 11.9 Å². The van der Waals surface area contributed by atoms with Gasteiger partial charge in [0.1, 0.15) is 23.7 Å². The lowest BCUT2D eigenvalue weighted by molar-refractivity contribution is 0.0665. The second-order valence-electron chi connectivity index (χ2n) is 7.47. The number of ether oxygens (including phenoxy) is 3. The highest BCUT2D eigenvalue weighted by atomic mass is 19.1. The molecule has 158 valence electrons. The average Bonchev–Trinajstić information content (AvgIpc) is 3.07. The number of amidine groups is 1. The molecule has 1 amide bonds.